The van der Waals surface area contributed by atoms with Crippen LogP contribution in [0, 0.1) is 6.08 Å². The van der Waals surface area contributed by atoms with Crippen molar-refractivity contribution in [3.8, 4) is 23.0 Å². The van der Waals surface area contributed by atoms with E-state index in [0.717, 1.165) is 35.5 Å². The topological polar surface area (TPSA) is 318 Å². The Bertz CT molecular complexity index is 3220. The predicted molar refractivity (Wildman–Crippen MR) is 266 cm³/mol. The van der Waals surface area contributed by atoms with Crippen LogP contribution in [-0.4, -0.2) is 107 Å². The average Bonchev–Trinajstić information content (AvgIpc) is 3.40. The number of ether oxygens (including phenoxy) is 5. The summed E-state index contributed by atoms with van der Waals surface area (Å²) in [6.45, 7) is 2.67. The van der Waals surface area contributed by atoms with Gasteiger partial charge in [0.15, 0.2) is 23.5 Å². The van der Waals surface area contributed by atoms with Crippen molar-refractivity contribution in [2.45, 2.75) is 58.2 Å². The second kappa shape index (κ2) is 34.3. The number of esters is 1. The molecular weight excluding hydrogens is 1090 g/mol. The molecule has 25 heteroatoms. The van der Waals surface area contributed by atoms with Gasteiger partial charge in [0, 0.05) is 24.2 Å². The van der Waals surface area contributed by atoms with Crippen LogP contribution < -0.4 is 89.3 Å². The molecule has 3 N–H and O–H groups in total. The van der Waals surface area contributed by atoms with Gasteiger partial charge in [0.25, 0.3) is 10.1 Å². The number of carboxylic acid groups (broad SMARTS) is 1. The fraction of sp³-hybridized carbons (Fsp3) is 0.273. The number of aliphatic carboxylic acids is 1. The molecule has 0 saturated carbocycles. The van der Waals surface area contributed by atoms with Crippen molar-refractivity contribution in [2.24, 2.45) is 0 Å². The van der Waals surface area contributed by atoms with Gasteiger partial charge in [-0.1, -0.05) is 73.0 Å². The zero-order valence-electron chi connectivity index (χ0n) is 44.1. The molecule has 8 rings (SSSR count). The monoisotopic (exact) mass is 1140 g/mol. The number of carboxylic acids is 1. The maximum absolute atomic E-state index is 14.5. The Morgan fingerprint density at radius 3 is 1.44 bits per heavy atom. The second-order valence-corrected chi connectivity index (χ2v) is 18.2. The molecule has 20 nitrogen and oxygen atoms in total. The van der Waals surface area contributed by atoms with Gasteiger partial charge in [-0.05, 0) is 90.1 Å². The fourth-order valence-corrected chi connectivity index (χ4v) is 8.79. The van der Waals surface area contributed by atoms with Crippen LogP contribution in [0.1, 0.15) is 84.0 Å². The van der Waals surface area contributed by atoms with Crippen LogP contribution in [0.15, 0.2) is 114 Å². The number of ketones is 4. The van der Waals surface area contributed by atoms with Gasteiger partial charge in [0.1, 0.15) is 55.5 Å². The Balaban J connectivity index is 0.000000708. The SMILES string of the molecule is CCOC(=O)C1=CC(=O)c2c(cccc2OCC(COc2cccc3c2C(=O)C=C(CC)C3)OS(C)(=O)=O)C1.N.O=C([O-])C1=CC(=O)c2c(cccc2OCC([18F])COc2cccc3c2C(=O)C=[C-]C3)C1.O=C=O.O=C=O.[18FH].[Na+].[Na+]. The quantitative estimate of drug-likeness (QED) is 0.0537. The molecule has 4 aromatic carbocycles. The predicted octanol–water partition coefficient (Wildman–Crippen LogP) is -1.06. The van der Waals surface area contributed by atoms with E-state index in [2.05, 4.69) is 6.08 Å². The first-order valence-corrected chi connectivity index (χ1v) is 24.9. The Morgan fingerprint density at radius 1 is 0.625 bits per heavy atom. The number of benzene rings is 4. The Kier molecular flexibility index (Phi) is 30.5. The molecule has 0 radical (unpaired) electrons. The van der Waals surface area contributed by atoms with Crippen LogP contribution >= 0.6 is 0 Å². The summed E-state index contributed by atoms with van der Waals surface area (Å²) in [4.78, 5) is 106. The first-order chi connectivity index (χ1) is 36.4. The van der Waals surface area contributed by atoms with Gasteiger partial charge in [0.2, 0.25) is 0 Å². The van der Waals surface area contributed by atoms with E-state index in [1.165, 1.54) is 18.2 Å². The zero-order chi connectivity index (χ0) is 55.5. The second-order valence-electron chi connectivity index (χ2n) is 16.6. The Labute approximate surface area is 502 Å². The number of alkyl halides is 1. The first-order valence-electron chi connectivity index (χ1n) is 23.1. The normalized spacial score (nSPS) is 13.8. The van der Waals surface area contributed by atoms with E-state index in [1.807, 2.05) is 13.0 Å². The molecule has 4 aromatic rings. The molecule has 0 fully saturated rings. The Morgan fingerprint density at radius 2 is 1.01 bits per heavy atom. The van der Waals surface area contributed by atoms with Crippen molar-refractivity contribution >= 4 is 57.5 Å². The minimum Gasteiger partial charge on any atom is -0.545 e. The maximum atomic E-state index is 14.5. The fourth-order valence-electron chi connectivity index (χ4n) is 8.19. The summed E-state index contributed by atoms with van der Waals surface area (Å²) >= 11 is 0. The van der Waals surface area contributed by atoms with Crippen LogP contribution in [0.5, 0.6) is 23.0 Å². The van der Waals surface area contributed by atoms with E-state index in [4.69, 9.17) is 47.0 Å². The number of hydrogen-bond acceptors (Lipinski definition) is 20. The molecular formula is C55H51F2NNa2O19S. The van der Waals surface area contributed by atoms with Crippen LogP contribution in [0.2, 0.25) is 0 Å². The summed E-state index contributed by atoms with van der Waals surface area (Å²) in [6.07, 6.45) is 9.00. The van der Waals surface area contributed by atoms with Crippen LogP contribution in [-0.2, 0) is 73.5 Å². The molecule has 4 aliphatic carbocycles. The van der Waals surface area contributed by atoms with Crippen molar-refractivity contribution in [2.75, 3.05) is 39.3 Å². The molecule has 0 amide bonds. The van der Waals surface area contributed by atoms with E-state index in [-0.39, 0.29) is 173 Å². The van der Waals surface area contributed by atoms with E-state index in [1.54, 1.807) is 73.7 Å². The van der Waals surface area contributed by atoms with E-state index >= 15 is 0 Å². The summed E-state index contributed by atoms with van der Waals surface area (Å²) < 4.78 is 71.4. The molecule has 0 bridgehead atoms. The molecule has 0 spiro atoms. The Hall–Kier alpha value is -6.85. The summed E-state index contributed by atoms with van der Waals surface area (Å²) in [7, 11) is -3.89. The van der Waals surface area contributed by atoms with E-state index < -0.39 is 45.9 Å². The van der Waals surface area contributed by atoms with Crippen molar-refractivity contribution in [1.29, 1.82) is 0 Å². The summed E-state index contributed by atoms with van der Waals surface area (Å²) in [5.41, 5.74) is 5.21. The molecule has 4 aliphatic rings. The summed E-state index contributed by atoms with van der Waals surface area (Å²) in [5, 5.41) is 11.1. The molecule has 2 atom stereocenters. The van der Waals surface area contributed by atoms with Gasteiger partial charge in [-0.25, -0.2) is 9.18 Å². The molecule has 0 aliphatic heterocycles. The number of fused-ring (bicyclic) bond motifs is 4. The van der Waals surface area contributed by atoms with Crippen molar-refractivity contribution < 1.29 is 158 Å². The smallest absolute Gasteiger partial charge is 0.545 e. The van der Waals surface area contributed by atoms with Gasteiger partial charge in [-0.15, -0.1) is 0 Å². The molecule has 0 aromatic heterocycles. The molecule has 2 unspecified atom stereocenters. The third kappa shape index (κ3) is 19.7. The van der Waals surface area contributed by atoms with Crippen molar-refractivity contribution in [3.63, 3.8) is 0 Å². The van der Waals surface area contributed by atoms with E-state index in [0.29, 0.717) is 46.6 Å². The van der Waals surface area contributed by atoms with E-state index in [9.17, 15) is 46.7 Å². The zero-order valence-corrected chi connectivity index (χ0v) is 48.9. The molecule has 412 valence electrons. The number of hydrogen-bond donors (Lipinski definition) is 1. The molecule has 0 heterocycles. The van der Waals surface area contributed by atoms with Gasteiger partial charge >= 0.3 is 77.4 Å². The average molecular weight is 1140 g/mol. The van der Waals surface area contributed by atoms with Gasteiger partial charge in [-0.2, -0.15) is 33.7 Å². The summed E-state index contributed by atoms with van der Waals surface area (Å²) in [6, 6.07) is 20.2. The minimum atomic E-state index is -3.89. The van der Waals surface area contributed by atoms with Crippen LogP contribution in [0.4, 0.5) is 9.09 Å². The third-order valence-corrected chi connectivity index (χ3v) is 12.0. The van der Waals surface area contributed by atoms with Crippen molar-refractivity contribution in [3.05, 3.63) is 164 Å². The minimum absolute atomic E-state index is 0. The number of halogens is 2. The number of rotatable bonds is 18. The maximum Gasteiger partial charge on any atom is 1.00 e. The molecule has 80 heavy (non-hydrogen) atoms. The van der Waals surface area contributed by atoms with Gasteiger partial charge in [-0.3, -0.25) is 29.3 Å². The number of allylic oxidation sites excluding steroid dienone is 6. The number of carbonyl (C=O) groups excluding carboxylic acids is 10. The van der Waals surface area contributed by atoms with Crippen LogP contribution in [0.3, 0.4) is 0 Å². The third-order valence-electron chi connectivity index (χ3n) is 11.3. The molecule has 0 saturated heterocycles. The first kappa shape index (κ1) is 71.2. The standard InChI is InChI=1S/C29H30O9S.C24H18FO6.2CO2.FH.H3N.2Na/c1-4-18-12-19-8-6-10-25(27(19)23(30)13-18)36-16-22(38-39(3,33)34)17-37-26-11-7-9-20-14-21(29(32)35-5-2)15-24(31)28(20)26;25-17(12-30-20-8-2-5-14-4-1-7-18(26)22(14)20)13-31-21-9-3-6-15-10-16(24(28)29)11-19(27)23(15)21;2*2-1-3;;;;/h6-11,13,15,22H,4-5,12,14,16-17H2,1-3H3;2-3,5-9,11,17H,4,10,12-13H2,(H,28,29);;;1H;1H3;;/q;-1;;;;;2*+1/p-1/i;25-1;;;1-1;;;. The van der Waals surface area contributed by atoms with Crippen LogP contribution in [0.25, 0.3) is 0 Å². The summed E-state index contributed by atoms with van der Waals surface area (Å²) in [5.74, 6) is -2.26. The number of carbonyl (C=O) groups is 6. The largest absolute Gasteiger partial charge is 1.00 e. The van der Waals surface area contributed by atoms with Crippen molar-refractivity contribution in [1.82, 2.24) is 6.15 Å². The van der Waals surface area contributed by atoms with Gasteiger partial charge in [0.05, 0.1) is 35.5 Å². The van der Waals surface area contributed by atoms with Gasteiger partial charge < -0.3 is 44.5 Å².